The van der Waals surface area contributed by atoms with Gasteiger partial charge in [-0.3, -0.25) is 10.2 Å². The maximum absolute atomic E-state index is 12.5. The van der Waals surface area contributed by atoms with E-state index in [9.17, 15) is 9.59 Å². The molecule has 0 fully saturated rings. The summed E-state index contributed by atoms with van der Waals surface area (Å²) in [5.41, 5.74) is 3.08. The van der Waals surface area contributed by atoms with Gasteiger partial charge in [0.2, 0.25) is 0 Å². The van der Waals surface area contributed by atoms with Crippen molar-refractivity contribution in [1.82, 2.24) is 0 Å². The molecule has 0 radical (unpaired) electrons. The second kappa shape index (κ2) is 8.53. The Hall–Kier alpha value is -3.53. The molecule has 0 aromatic heterocycles. The largest absolute Gasteiger partial charge is 0.453 e. The monoisotopic (exact) mass is 353 g/mol. The highest BCUT2D eigenvalue weighted by molar-refractivity contribution is 5.90. The first-order valence-corrected chi connectivity index (χ1v) is 7.83. The van der Waals surface area contributed by atoms with Crippen LogP contribution < -0.4 is 15.0 Å². The summed E-state index contributed by atoms with van der Waals surface area (Å²) in [6.07, 6.45) is -1.32. The molecule has 0 bridgehead atoms. The van der Waals surface area contributed by atoms with E-state index in [1.165, 1.54) is 18.1 Å². The zero-order valence-corrected chi connectivity index (χ0v) is 14.8. The number of methoxy groups -OCH3 is 1. The van der Waals surface area contributed by atoms with Gasteiger partial charge in [0.25, 0.3) is 0 Å². The summed E-state index contributed by atoms with van der Waals surface area (Å²) in [6.45, 7) is 3.74. The number of benzene rings is 2. The van der Waals surface area contributed by atoms with E-state index in [1.54, 1.807) is 24.3 Å². The molecule has 0 saturated heterocycles. The third-order valence-corrected chi connectivity index (χ3v) is 3.72. The molecule has 0 aliphatic heterocycles. The maximum atomic E-state index is 12.5. The number of rotatable bonds is 4. The molecule has 0 unspecified atom stereocenters. The lowest BCUT2D eigenvalue weighted by Gasteiger charge is -2.20. The minimum Gasteiger partial charge on any atom is -0.453 e. The molecule has 26 heavy (non-hydrogen) atoms. The highest BCUT2D eigenvalue weighted by atomic mass is 16.6. The van der Waals surface area contributed by atoms with Gasteiger partial charge in [-0.2, -0.15) is 5.26 Å². The minimum absolute atomic E-state index is 0.151. The molecule has 2 amide bonds. The van der Waals surface area contributed by atoms with Crippen LogP contribution >= 0.6 is 0 Å². The second-order valence-corrected chi connectivity index (χ2v) is 5.53. The van der Waals surface area contributed by atoms with E-state index >= 15 is 0 Å². The zero-order chi connectivity index (χ0) is 19.1. The number of nitriles is 1. The predicted molar refractivity (Wildman–Crippen MR) is 97.4 cm³/mol. The highest BCUT2D eigenvalue weighted by Crippen LogP contribution is 2.22. The number of amides is 2. The molecule has 2 aromatic carbocycles. The second-order valence-electron chi connectivity index (χ2n) is 5.53. The summed E-state index contributed by atoms with van der Waals surface area (Å²) in [7, 11) is 1.25. The quantitative estimate of drug-likeness (QED) is 0.839. The topological polar surface area (TPSA) is 91.7 Å². The predicted octanol–water partition coefficient (Wildman–Crippen LogP) is 4.01. The molecule has 0 atom stereocenters. The Labute approximate surface area is 151 Å². The molecule has 7 heteroatoms. The summed E-state index contributed by atoms with van der Waals surface area (Å²) in [5.74, 6) is 0.232. The van der Waals surface area contributed by atoms with Crippen LogP contribution in [0.2, 0.25) is 0 Å². The van der Waals surface area contributed by atoms with Crippen molar-refractivity contribution in [3.05, 3.63) is 53.6 Å². The number of hydrogen-bond acceptors (Lipinski definition) is 5. The summed E-state index contributed by atoms with van der Waals surface area (Å²) in [5, 5.41) is 11.5. The van der Waals surface area contributed by atoms with Crippen LogP contribution in [0.25, 0.3) is 0 Å². The van der Waals surface area contributed by atoms with E-state index in [-0.39, 0.29) is 12.3 Å². The normalized spacial score (nSPS) is 9.77. The van der Waals surface area contributed by atoms with Crippen LogP contribution in [0.3, 0.4) is 0 Å². The number of anilines is 2. The van der Waals surface area contributed by atoms with E-state index in [0.29, 0.717) is 11.4 Å². The minimum atomic E-state index is -0.690. The Balaban J connectivity index is 2.20. The van der Waals surface area contributed by atoms with Gasteiger partial charge in [0.1, 0.15) is 12.3 Å². The Bertz CT molecular complexity index is 858. The molecule has 134 valence electrons. The van der Waals surface area contributed by atoms with E-state index in [2.05, 4.69) is 10.1 Å². The molecular weight excluding hydrogens is 334 g/mol. The number of carbonyl (C=O) groups is 2. The zero-order valence-electron chi connectivity index (χ0n) is 14.8. The third-order valence-electron chi connectivity index (χ3n) is 3.72. The van der Waals surface area contributed by atoms with Gasteiger partial charge in [0.05, 0.1) is 13.2 Å². The molecule has 0 heterocycles. The van der Waals surface area contributed by atoms with Gasteiger partial charge < -0.3 is 9.47 Å². The van der Waals surface area contributed by atoms with E-state index in [4.69, 9.17) is 10.00 Å². The average Bonchev–Trinajstić information content (AvgIpc) is 2.62. The van der Waals surface area contributed by atoms with E-state index in [0.717, 1.165) is 11.1 Å². The maximum Gasteiger partial charge on any atom is 0.420 e. The van der Waals surface area contributed by atoms with Gasteiger partial charge in [0, 0.05) is 17.4 Å². The summed E-state index contributed by atoms with van der Waals surface area (Å²) < 4.78 is 9.88. The lowest BCUT2D eigenvalue weighted by Crippen LogP contribution is -2.34. The SMILES string of the molecule is COC(=O)Nc1cccc(OC(=O)N(CC#N)c2ccc(C)c(C)c2)c1. The van der Waals surface area contributed by atoms with Crippen LogP contribution in [0.5, 0.6) is 5.75 Å². The Kier molecular flexibility index (Phi) is 6.17. The number of aryl methyl sites for hydroxylation is 2. The number of ether oxygens (including phenoxy) is 2. The summed E-state index contributed by atoms with van der Waals surface area (Å²) in [4.78, 5) is 25.0. The molecule has 0 saturated carbocycles. The van der Waals surface area contributed by atoms with Crippen LogP contribution in [0, 0.1) is 25.2 Å². The van der Waals surface area contributed by atoms with Crippen molar-refractivity contribution < 1.29 is 19.1 Å². The first-order valence-electron chi connectivity index (χ1n) is 7.83. The average molecular weight is 353 g/mol. The van der Waals surface area contributed by atoms with Gasteiger partial charge >= 0.3 is 12.2 Å². The fraction of sp³-hybridized carbons (Fsp3) is 0.211. The van der Waals surface area contributed by atoms with Crippen molar-refractivity contribution >= 4 is 23.6 Å². The van der Waals surface area contributed by atoms with Gasteiger partial charge in [-0.15, -0.1) is 0 Å². The molecule has 2 aromatic rings. The summed E-state index contributed by atoms with van der Waals surface area (Å²) in [6, 6.07) is 13.7. The van der Waals surface area contributed by atoms with E-state index < -0.39 is 12.2 Å². The lowest BCUT2D eigenvalue weighted by atomic mass is 10.1. The van der Waals surface area contributed by atoms with Gasteiger partial charge in [-0.1, -0.05) is 12.1 Å². The van der Waals surface area contributed by atoms with Crippen molar-refractivity contribution in [1.29, 1.82) is 5.26 Å². The first-order chi connectivity index (χ1) is 12.4. The van der Waals surface area contributed by atoms with Crippen molar-refractivity contribution in [2.24, 2.45) is 0 Å². The lowest BCUT2D eigenvalue weighted by molar-refractivity contribution is 0.187. The number of nitrogens with one attached hydrogen (secondary N) is 1. The Morgan fingerprint density at radius 2 is 1.92 bits per heavy atom. The molecular formula is C19H19N3O4. The van der Waals surface area contributed by atoms with Crippen LogP contribution in [0.4, 0.5) is 21.0 Å². The Morgan fingerprint density at radius 1 is 1.15 bits per heavy atom. The Morgan fingerprint density at radius 3 is 2.58 bits per heavy atom. The van der Waals surface area contributed by atoms with Crippen LogP contribution in [0.15, 0.2) is 42.5 Å². The first kappa shape index (κ1) is 18.8. The number of hydrogen-bond donors (Lipinski definition) is 1. The molecule has 7 nitrogen and oxygen atoms in total. The van der Waals surface area contributed by atoms with Crippen molar-refractivity contribution in [3.8, 4) is 11.8 Å². The van der Waals surface area contributed by atoms with E-state index in [1.807, 2.05) is 32.0 Å². The number of carbonyl (C=O) groups excluding carboxylic acids is 2. The smallest absolute Gasteiger partial charge is 0.420 e. The molecule has 0 aliphatic carbocycles. The van der Waals surface area contributed by atoms with Gasteiger partial charge in [-0.05, 0) is 49.2 Å². The van der Waals surface area contributed by atoms with Crippen LogP contribution in [-0.2, 0) is 4.74 Å². The van der Waals surface area contributed by atoms with Gasteiger partial charge in [0.15, 0.2) is 0 Å². The van der Waals surface area contributed by atoms with Crippen molar-refractivity contribution in [2.45, 2.75) is 13.8 Å². The third kappa shape index (κ3) is 4.74. The standard InChI is InChI=1S/C19H19N3O4/c1-13-7-8-16(11-14(13)2)22(10-9-20)19(24)26-17-6-4-5-15(12-17)21-18(23)25-3/h4-8,11-12H,10H2,1-3H3,(H,21,23). The molecule has 1 N–H and O–H groups in total. The molecule has 0 spiro atoms. The van der Waals surface area contributed by atoms with Crippen molar-refractivity contribution in [2.75, 3.05) is 23.9 Å². The van der Waals surface area contributed by atoms with Gasteiger partial charge in [-0.25, -0.2) is 9.59 Å². The molecule has 2 rings (SSSR count). The van der Waals surface area contributed by atoms with Crippen LogP contribution in [0.1, 0.15) is 11.1 Å². The van der Waals surface area contributed by atoms with Crippen molar-refractivity contribution in [3.63, 3.8) is 0 Å². The number of nitrogens with zero attached hydrogens (tertiary/aromatic N) is 2. The fourth-order valence-corrected chi connectivity index (χ4v) is 2.19. The summed E-state index contributed by atoms with van der Waals surface area (Å²) >= 11 is 0. The highest BCUT2D eigenvalue weighted by Gasteiger charge is 2.18. The fourth-order valence-electron chi connectivity index (χ4n) is 2.19. The van der Waals surface area contributed by atoms with Crippen LogP contribution in [-0.4, -0.2) is 25.8 Å². The molecule has 0 aliphatic rings.